The predicted molar refractivity (Wildman–Crippen MR) is 60.4 cm³/mol. The zero-order valence-electron chi connectivity index (χ0n) is 7.51. The first-order valence-corrected chi connectivity index (χ1v) is 5.43. The highest BCUT2D eigenvalue weighted by atomic mass is 35.5. The molecule has 1 amide bonds. The summed E-state index contributed by atoms with van der Waals surface area (Å²) in [5.41, 5.74) is 0. The quantitative estimate of drug-likeness (QED) is 0.836. The zero-order chi connectivity index (χ0) is 11.1. The van der Waals surface area contributed by atoms with Crippen molar-refractivity contribution in [2.24, 2.45) is 5.92 Å². The summed E-state index contributed by atoms with van der Waals surface area (Å²) in [5, 5.41) is 3.13. The molecule has 1 aromatic heterocycles. The van der Waals surface area contributed by atoms with Gasteiger partial charge >= 0.3 is 0 Å². The molecule has 1 saturated carbocycles. The van der Waals surface area contributed by atoms with Gasteiger partial charge in [-0.1, -0.05) is 11.6 Å². The maximum atomic E-state index is 11.5. The average Bonchev–Trinajstić information content (AvgIpc) is 2.79. The van der Waals surface area contributed by atoms with E-state index in [0.29, 0.717) is 17.3 Å². The number of nitrogens with one attached hydrogen (secondary N) is 1. The summed E-state index contributed by atoms with van der Waals surface area (Å²) < 4.78 is -0.906. The number of pyridine rings is 1. The average molecular weight is 266 g/mol. The van der Waals surface area contributed by atoms with Gasteiger partial charge in [-0.3, -0.25) is 4.79 Å². The number of hydrogen-bond acceptors (Lipinski definition) is 2. The minimum atomic E-state index is -0.906. The maximum absolute atomic E-state index is 11.5. The highest BCUT2D eigenvalue weighted by Crippen LogP contribution is 2.53. The van der Waals surface area contributed by atoms with Gasteiger partial charge in [0.15, 0.2) is 0 Å². The summed E-state index contributed by atoms with van der Waals surface area (Å²) in [6, 6.07) is 3.26. The standard InChI is InChI=1S/C9H7Cl3N2O/c10-5-1-2-7(13-4-5)14-8(15)6-3-9(6,11)12/h1-2,4,6H,3H2,(H,13,14,15). The molecule has 0 aromatic carbocycles. The predicted octanol–water partition coefficient (Wildman–Crippen LogP) is 2.87. The van der Waals surface area contributed by atoms with E-state index in [1.54, 1.807) is 12.1 Å². The topological polar surface area (TPSA) is 42.0 Å². The summed E-state index contributed by atoms with van der Waals surface area (Å²) in [6.07, 6.45) is 1.94. The van der Waals surface area contributed by atoms with Crippen LogP contribution in [0.25, 0.3) is 0 Å². The number of hydrogen-bond donors (Lipinski definition) is 1. The van der Waals surface area contributed by atoms with Gasteiger partial charge < -0.3 is 5.32 Å². The van der Waals surface area contributed by atoms with Crippen molar-refractivity contribution in [1.29, 1.82) is 0 Å². The molecule has 80 valence electrons. The van der Waals surface area contributed by atoms with Crippen LogP contribution in [0.1, 0.15) is 6.42 Å². The molecule has 0 radical (unpaired) electrons. The molecule has 1 atom stereocenters. The van der Waals surface area contributed by atoms with E-state index in [9.17, 15) is 4.79 Å². The Morgan fingerprint density at radius 1 is 1.53 bits per heavy atom. The monoisotopic (exact) mass is 264 g/mol. The molecule has 15 heavy (non-hydrogen) atoms. The summed E-state index contributed by atoms with van der Waals surface area (Å²) in [6.45, 7) is 0. The van der Waals surface area contributed by atoms with Gasteiger partial charge in [0.2, 0.25) is 5.91 Å². The van der Waals surface area contributed by atoms with Crippen molar-refractivity contribution in [2.75, 3.05) is 5.32 Å². The van der Waals surface area contributed by atoms with Crippen molar-refractivity contribution in [2.45, 2.75) is 10.8 Å². The first kappa shape index (κ1) is 11.0. The second-order valence-corrected chi connectivity index (χ2v) is 5.35. The Balaban J connectivity index is 1.98. The molecule has 0 bridgehead atoms. The number of halogens is 3. The van der Waals surface area contributed by atoms with Crippen molar-refractivity contribution in [3.63, 3.8) is 0 Å². The largest absolute Gasteiger partial charge is 0.310 e. The fourth-order valence-corrected chi connectivity index (χ4v) is 1.78. The Kier molecular flexibility index (Phi) is 2.79. The lowest BCUT2D eigenvalue weighted by atomic mass is 10.4. The van der Waals surface area contributed by atoms with Gasteiger partial charge in [-0.15, -0.1) is 23.2 Å². The van der Waals surface area contributed by atoms with Crippen LogP contribution in [0.3, 0.4) is 0 Å². The van der Waals surface area contributed by atoms with Crippen LogP contribution in [0.4, 0.5) is 5.82 Å². The highest BCUT2D eigenvalue weighted by Gasteiger charge is 2.56. The van der Waals surface area contributed by atoms with Gasteiger partial charge in [0, 0.05) is 6.20 Å². The van der Waals surface area contributed by atoms with Crippen LogP contribution in [0.2, 0.25) is 5.02 Å². The SMILES string of the molecule is O=C(Nc1ccc(Cl)cn1)C1CC1(Cl)Cl. The van der Waals surface area contributed by atoms with Crippen molar-refractivity contribution in [3.8, 4) is 0 Å². The Hall–Kier alpha value is -0.510. The Morgan fingerprint density at radius 3 is 2.67 bits per heavy atom. The van der Waals surface area contributed by atoms with Gasteiger partial charge in [-0.2, -0.15) is 0 Å². The van der Waals surface area contributed by atoms with Crippen LogP contribution in [0.15, 0.2) is 18.3 Å². The van der Waals surface area contributed by atoms with Crippen molar-refractivity contribution in [1.82, 2.24) is 4.98 Å². The van der Waals surface area contributed by atoms with Crippen LogP contribution >= 0.6 is 34.8 Å². The number of alkyl halides is 2. The fourth-order valence-electron chi connectivity index (χ4n) is 1.16. The third-order valence-electron chi connectivity index (χ3n) is 2.12. The molecule has 0 aliphatic heterocycles. The summed E-state index contributed by atoms with van der Waals surface area (Å²) in [7, 11) is 0. The zero-order valence-corrected chi connectivity index (χ0v) is 9.77. The summed E-state index contributed by atoms with van der Waals surface area (Å²) >= 11 is 17.2. The van der Waals surface area contributed by atoms with E-state index < -0.39 is 4.33 Å². The molecule has 3 nitrogen and oxygen atoms in total. The second kappa shape index (κ2) is 3.81. The lowest BCUT2D eigenvalue weighted by Gasteiger charge is -2.03. The van der Waals surface area contributed by atoms with Gasteiger partial charge in [0.1, 0.15) is 10.2 Å². The number of amides is 1. The lowest BCUT2D eigenvalue weighted by molar-refractivity contribution is -0.117. The summed E-state index contributed by atoms with van der Waals surface area (Å²) in [4.78, 5) is 15.4. The second-order valence-electron chi connectivity index (χ2n) is 3.37. The van der Waals surface area contributed by atoms with Crippen LogP contribution in [0, 0.1) is 5.92 Å². The highest BCUT2D eigenvalue weighted by molar-refractivity contribution is 6.52. The molecule has 1 fully saturated rings. The molecule has 1 aromatic rings. The number of aromatic nitrogens is 1. The molecule has 0 saturated heterocycles. The van der Waals surface area contributed by atoms with E-state index in [4.69, 9.17) is 34.8 Å². The Labute approximate surface area is 102 Å². The lowest BCUT2D eigenvalue weighted by Crippen LogP contribution is -2.17. The van der Waals surface area contributed by atoms with E-state index in [1.165, 1.54) is 6.20 Å². The molecule has 6 heteroatoms. The van der Waals surface area contributed by atoms with Crippen LogP contribution < -0.4 is 5.32 Å². The fraction of sp³-hybridized carbons (Fsp3) is 0.333. The van der Waals surface area contributed by atoms with Gasteiger partial charge in [0.25, 0.3) is 0 Å². The minimum Gasteiger partial charge on any atom is -0.310 e. The van der Waals surface area contributed by atoms with Crippen LogP contribution in [-0.4, -0.2) is 15.2 Å². The van der Waals surface area contributed by atoms with Crippen molar-refractivity contribution < 1.29 is 4.79 Å². The number of rotatable bonds is 2. The summed E-state index contributed by atoms with van der Waals surface area (Å²) in [5.74, 6) is -0.117. The van der Waals surface area contributed by atoms with E-state index in [2.05, 4.69) is 10.3 Å². The molecule has 1 heterocycles. The number of carbonyl (C=O) groups excluding carboxylic acids is 1. The van der Waals surface area contributed by atoms with Gasteiger partial charge in [0.05, 0.1) is 10.9 Å². The molecule has 0 spiro atoms. The van der Waals surface area contributed by atoms with Crippen LogP contribution in [-0.2, 0) is 4.79 Å². The smallest absolute Gasteiger partial charge is 0.231 e. The van der Waals surface area contributed by atoms with Gasteiger partial charge in [-0.25, -0.2) is 4.98 Å². The Morgan fingerprint density at radius 2 is 2.20 bits per heavy atom. The van der Waals surface area contributed by atoms with E-state index in [0.717, 1.165) is 0 Å². The van der Waals surface area contributed by atoms with E-state index in [-0.39, 0.29) is 11.8 Å². The molecule has 2 rings (SSSR count). The van der Waals surface area contributed by atoms with Gasteiger partial charge in [-0.05, 0) is 18.6 Å². The number of anilines is 1. The normalized spacial score (nSPS) is 22.2. The first-order valence-electron chi connectivity index (χ1n) is 4.29. The minimum absolute atomic E-state index is 0.213. The van der Waals surface area contributed by atoms with E-state index >= 15 is 0 Å². The van der Waals surface area contributed by atoms with Crippen LogP contribution in [0.5, 0.6) is 0 Å². The molecule has 1 aliphatic rings. The molecule has 1 aliphatic carbocycles. The third-order valence-corrected chi connectivity index (χ3v) is 3.18. The molecule has 1 unspecified atom stereocenters. The van der Waals surface area contributed by atoms with Crippen molar-refractivity contribution in [3.05, 3.63) is 23.4 Å². The number of nitrogens with zero attached hydrogens (tertiary/aromatic N) is 1. The van der Waals surface area contributed by atoms with E-state index in [1.807, 2.05) is 0 Å². The Bertz CT molecular complexity index is 391. The maximum Gasteiger partial charge on any atom is 0.231 e. The molecule has 1 N–H and O–H groups in total. The van der Waals surface area contributed by atoms with Crippen molar-refractivity contribution >= 4 is 46.5 Å². The number of carbonyl (C=O) groups is 1. The first-order chi connectivity index (χ1) is 6.99. The molecular weight excluding hydrogens is 258 g/mol. The molecular formula is C9H7Cl3N2O. The third kappa shape index (κ3) is 2.54.